The van der Waals surface area contributed by atoms with Crippen LogP contribution in [-0.4, -0.2) is 30.1 Å². The molecule has 0 unspecified atom stereocenters. The first-order valence-corrected chi connectivity index (χ1v) is 10.7. The average Bonchev–Trinajstić information content (AvgIpc) is 3.22. The molecule has 3 aromatic rings. The summed E-state index contributed by atoms with van der Waals surface area (Å²) in [7, 11) is 0. The van der Waals surface area contributed by atoms with Crippen LogP contribution in [0, 0.1) is 0 Å². The van der Waals surface area contributed by atoms with Gasteiger partial charge in [0.15, 0.2) is 11.5 Å². The molecule has 1 saturated carbocycles. The average molecular weight is 468 g/mol. The van der Waals surface area contributed by atoms with E-state index in [2.05, 4.69) is 43.9 Å². The summed E-state index contributed by atoms with van der Waals surface area (Å²) in [4.78, 5) is 24.6. The Morgan fingerprint density at radius 3 is 2.53 bits per heavy atom. The van der Waals surface area contributed by atoms with E-state index in [0.29, 0.717) is 12.3 Å². The maximum Gasteiger partial charge on any atom is 0.273 e. The molecule has 4 rings (SSSR count). The second-order valence-corrected chi connectivity index (χ2v) is 8.46. The number of benzene rings is 2. The van der Waals surface area contributed by atoms with E-state index in [1.54, 1.807) is 6.07 Å². The van der Waals surface area contributed by atoms with E-state index in [-0.39, 0.29) is 23.6 Å². The van der Waals surface area contributed by atoms with Crippen LogP contribution in [0.1, 0.15) is 35.3 Å². The van der Waals surface area contributed by atoms with Crippen molar-refractivity contribution in [3.05, 3.63) is 76.4 Å². The summed E-state index contributed by atoms with van der Waals surface area (Å²) in [6.45, 7) is 0.446. The second kappa shape index (κ2) is 8.83. The van der Waals surface area contributed by atoms with E-state index in [1.165, 1.54) is 5.56 Å². The number of nitrogens with zero attached hydrogens (tertiary/aromatic N) is 1. The third-order valence-electron chi connectivity index (χ3n) is 5.58. The minimum absolute atomic E-state index is 0.0276. The number of rotatable bonds is 7. The largest absolute Gasteiger partial charge is 0.355 e. The van der Waals surface area contributed by atoms with Crippen molar-refractivity contribution in [2.24, 2.45) is 0 Å². The molecule has 1 aliphatic carbocycles. The zero-order valence-electron chi connectivity index (χ0n) is 16.4. The number of hydrogen-bond acceptors (Lipinski definition) is 4. The fraction of sp³-hybridized carbons (Fsp3) is 0.261. The molecule has 1 fully saturated rings. The number of carbonyl (C=O) groups excluding carboxylic acids is 2. The van der Waals surface area contributed by atoms with Crippen molar-refractivity contribution in [1.82, 2.24) is 15.8 Å². The number of hydrogen-bond donors (Lipinski definition) is 2. The molecule has 2 N–H and O–H groups in total. The zero-order valence-corrected chi connectivity index (χ0v) is 17.9. The van der Waals surface area contributed by atoms with Crippen LogP contribution in [-0.2, 0) is 10.2 Å². The Hall–Kier alpha value is -2.93. The number of amides is 2. The van der Waals surface area contributed by atoms with Crippen molar-refractivity contribution >= 4 is 27.7 Å². The van der Waals surface area contributed by atoms with Gasteiger partial charge in [-0.05, 0) is 30.5 Å². The van der Waals surface area contributed by atoms with Crippen LogP contribution in [0.15, 0.2) is 69.7 Å². The Balaban J connectivity index is 1.30. The SMILES string of the molecule is O=C(CNC(=O)c1cc(-c2ccccc2)on1)NCC1(c2cccc(Br)c2)CCC1. The van der Waals surface area contributed by atoms with Gasteiger partial charge in [-0.3, -0.25) is 9.59 Å². The summed E-state index contributed by atoms with van der Waals surface area (Å²) in [6.07, 6.45) is 3.23. The van der Waals surface area contributed by atoms with E-state index in [9.17, 15) is 9.59 Å². The molecule has 154 valence electrons. The van der Waals surface area contributed by atoms with Gasteiger partial charge in [0.2, 0.25) is 5.91 Å². The quantitative estimate of drug-likeness (QED) is 0.548. The number of aromatic nitrogens is 1. The molecule has 1 aliphatic rings. The lowest BCUT2D eigenvalue weighted by molar-refractivity contribution is -0.120. The molecule has 2 amide bonds. The standard InChI is InChI=1S/C23H22BrN3O3/c24-18-9-4-8-17(12-18)23(10-5-11-23)15-26-21(28)14-25-22(29)19-13-20(30-27-19)16-6-2-1-3-7-16/h1-4,6-9,12-13H,5,10-11,14-15H2,(H,25,29)(H,26,28). The molecule has 0 saturated heterocycles. The van der Waals surface area contributed by atoms with Crippen LogP contribution in [0.5, 0.6) is 0 Å². The molecule has 1 aromatic heterocycles. The van der Waals surface area contributed by atoms with Crippen LogP contribution in [0.4, 0.5) is 0 Å². The summed E-state index contributed by atoms with van der Waals surface area (Å²) < 4.78 is 6.27. The van der Waals surface area contributed by atoms with Crippen molar-refractivity contribution in [3.8, 4) is 11.3 Å². The predicted molar refractivity (Wildman–Crippen MR) is 117 cm³/mol. The summed E-state index contributed by atoms with van der Waals surface area (Å²) >= 11 is 3.52. The molecule has 0 radical (unpaired) electrons. The van der Waals surface area contributed by atoms with Crippen LogP contribution >= 0.6 is 15.9 Å². The molecule has 0 aliphatic heterocycles. The minimum atomic E-state index is -0.443. The fourth-order valence-corrected chi connectivity index (χ4v) is 4.09. The van der Waals surface area contributed by atoms with Crippen LogP contribution < -0.4 is 10.6 Å². The Kier molecular flexibility index (Phi) is 5.99. The first-order valence-electron chi connectivity index (χ1n) is 9.89. The normalized spacial score (nSPS) is 14.6. The summed E-state index contributed by atoms with van der Waals surface area (Å²) in [5.41, 5.74) is 2.18. The van der Waals surface area contributed by atoms with Gasteiger partial charge >= 0.3 is 0 Å². The van der Waals surface area contributed by atoms with Gasteiger partial charge in [0.25, 0.3) is 5.91 Å². The van der Waals surface area contributed by atoms with Crippen LogP contribution in [0.3, 0.4) is 0 Å². The fourth-order valence-electron chi connectivity index (χ4n) is 3.69. The topological polar surface area (TPSA) is 84.2 Å². The lowest BCUT2D eigenvalue weighted by Crippen LogP contribution is -2.47. The lowest BCUT2D eigenvalue weighted by atomic mass is 9.64. The number of halogens is 1. The second-order valence-electron chi connectivity index (χ2n) is 7.55. The molecule has 2 aromatic carbocycles. The minimum Gasteiger partial charge on any atom is -0.355 e. The van der Waals surface area contributed by atoms with Gasteiger partial charge in [-0.25, -0.2) is 0 Å². The van der Waals surface area contributed by atoms with E-state index >= 15 is 0 Å². The smallest absolute Gasteiger partial charge is 0.273 e. The highest BCUT2D eigenvalue weighted by Gasteiger charge is 2.38. The van der Waals surface area contributed by atoms with E-state index in [4.69, 9.17) is 4.52 Å². The molecule has 0 spiro atoms. The highest BCUT2D eigenvalue weighted by atomic mass is 79.9. The van der Waals surface area contributed by atoms with Gasteiger partial charge in [-0.2, -0.15) is 0 Å². The van der Waals surface area contributed by atoms with Crippen LogP contribution in [0.25, 0.3) is 11.3 Å². The van der Waals surface area contributed by atoms with E-state index in [0.717, 1.165) is 29.3 Å². The molecule has 1 heterocycles. The van der Waals surface area contributed by atoms with E-state index < -0.39 is 5.91 Å². The van der Waals surface area contributed by atoms with Crippen molar-refractivity contribution in [3.63, 3.8) is 0 Å². The van der Waals surface area contributed by atoms with Crippen molar-refractivity contribution < 1.29 is 14.1 Å². The number of carbonyl (C=O) groups is 2. The summed E-state index contributed by atoms with van der Waals surface area (Å²) in [5, 5.41) is 9.37. The highest BCUT2D eigenvalue weighted by molar-refractivity contribution is 9.10. The Morgan fingerprint density at radius 1 is 1.03 bits per heavy atom. The predicted octanol–water partition coefficient (Wildman–Crippen LogP) is 4.07. The first kappa shape index (κ1) is 20.3. The molecule has 0 atom stereocenters. The molecule has 30 heavy (non-hydrogen) atoms. The molecular weight excluding hydrogens is 446 g/mol. The monoisotopic (exact) mass is 467 g/mol. The third kappa shape index (κ3) is 4.46. The van der Waals surface area contributed by atoms with Gasteiger partial charge < -0.3 is 15.2 Å². The number of nitrogens with one attached hydrogen (secondary N) is 2. The maximum atomic E-state index is 12.3. The third-order valence-corrected chi connectivity index (χ3v) is 6.08. The Labute approximate surface area is 183 Å². The van der Waals surface area contributed by atoms with Crippen LogP contribution in [0.2, 0.25) is 0 Å². The molecular formula is C23H22BrN3O3. The van der Waals surface area contributed by atoms with Gasteiger partial charge in [0.1, 0.15) is 0 Å². The summed E-state index contributed by atoms with van der Waals surface area (Å²) in [6, 6.07) is 19.2. The lowest BCUT2D eigenvalue weighted by Gasteiger charge is -2.42. The zero-order chi connectivity index (χ0) is 21.0. The molecule has 6 nitrogen and oxygen atoms in total. The molecule has 7 heteroatoms. The van der Waals surface area contributed by atoms with Gasteiger partial charge in [-0.1, -0.05) is 70.0 Å². The van der Waals surface area contributed by atoms with Gasteiger partial charge in [-0.15, -0.1) is 0 Å². The molecule has 0 bridgehead atoms. The van der Waals surface area contributed by atoms with Gasteiger partial charge in [0.05, 0.1) is 6.54 Å². The summed E-state index contributed by atoms with van der Waals surface area (Å²) in [5.74, 6) is -0.163. The highest BCUT2D eigenvalue weighted by Crippen LogP contribution is 2.43. The van der Waals surface area contributed by atoms with E-state index in [1.807, 2.05) is 42.5 Å². The van der Waals surface area contributed by atoms with Crippen molar-refractivity contribution in [1.29, 1.82) is 0 Å². The Bertz CT molecular complexity index is 1040. The maximum absolute atomic E-state index is 12.3. The van der Waals surface area contributed by atoms with Crippen molar-refractivity contribution in [2.45, 2.75) is 24.7 Å². The van der Waals surface area contributed by atoms with Gasteiger partial charge in [0, 0.05) is 28.1 Å². The van der Waals surface area contributed by atoms with Crippen molar-refractivity contribution in [2.75, 3.05) is 13.1 Å². The Morgan fingerprint density at radius 2 is 1.83 bits per heavy atom. The first-order chi connectivity index (χ1) is 14.6.